The minimum Gasteiger partial charge on any atom is -0.354 e. The highest BCUT2D eigenvalue weighted by Gasteiger charge is 2.25. The van der Waals surface area contributed by atoms with Crippen LogP contribution in [0.5, 0.6) is 0 Å². The summed E-state index contributed by atoms with van der Waals surface area (Å²) in [5, 5.41) is 4.51. The van der Waals surface area contributed by atoms with Crippen molar-refractivity contribution in [2.75, 3.05) is 6.54 Å². The maximum Gasteiger partial charge on any atom is 0.242 e. The van der Waals surface area contributed by atoms with Crippen LogP contribution >= 0.6 is 12.6 Å². The molecule has 2 amide bonds. The molecular weight excluding hydrogens is 192 g/mol. The van der Waals surface area contributed by atoms with Gasteiger partial charge in [-0.1, -0.05) is 0 Å². The van der Waals surface area contributed by atoms with Gasteiger partial charge in [-0.05, 0) is 6.42 Å². The SMILES string of the molecule is O=C(S)CC(=O)N[C@H]1CCNC1=O. The molecule has 0 unspecified atom stereocenters. The number of hydrogen-bond donors (Lipinski definition) is 3. The van der Waals surface area contributed by atoms with Crippen LogP contribution in [0.25, 0.3) is 0 Å². The Balaban J connectivity index is 2.35. The number of carbonyl (C=O) groups excluding carboxylic acids is 3. The molecular formula is C7H10N2O3S. The van der Waals surface area contributed by atoms with Gasteiger partial charge in [0.25, 0.3) is 0 Å². The predicted octanol–water partition coefficient (Wildman–Crippen LogP) is -1.16. The number of thiol groups is 1. The van der Waals surface area contributed by atoms with Gasteiger partial charge < -0.3 is 10.6 Å². The van der Waals surface area contributed by atoms with Gasteiger partial charge in [0.1, 0.15) is 6.04 Å². The summed E-state index contributed by atoms with van der Waals surface area (Å²) in [6.45, 7) is 0.568. The zero-order chi connectivity index (χ0) is 9.84. The van der Waals surface area contributed by atoms with Gasteiger partial charge in [-0.25, -0.2) is 0 Å². The Hall–Kier alpha value is -1.04. The minimum atomic E-state index is -0.504. The van der Waals surface area contributed by atoms with Gasteiger partial charge >= 0.3 is 0 Å². The molecule has 1 aliphatic heterocycles. The molecule has 2 N–H and O–H groups in total. The zero-order valence-electron chi connectivity index (χ0n) is 6.87. The predicted molar refractivity (Wildman–Crippen MR) is 48.2 cm³/mol. The van der Waals surface area contributed by atoms with Crippen molar-refractivity contribution in [1.29, 1.82) is 0 Å². The van der Waals surface area contributed by atoms with Gasteiger partial charge in [0.2, 0.25) is 11.8 Å². The van der Waals surface area contributed by atoms with E-state index in [0.29, 0.717) is 13.0 Å². The van der Waals surface area contributed by atoms with Crippen LogP contribution in [-0.2, 0) is 14.4 Å². The average Bonchev–Trinajstić information content (AvgIpc) is 2.34. The van der Waals surface area contributed by atoms with E-state index in [2.05, 4.69) is 23.3 Å². The second-order valence-electron chi connectivity index (χ2n) is 2.77. The topological polar surface area (TPSA) is 75.3 Å². The van der Waals surface area contributed by atoms with Crippen molar-refractivity contribution in [3.05, 3.63) is 0 Å². The fourth-order valence-corrected chi connectivity index (χ4v) is 1.26. The second kappa shape index (κ2) is 4.27. The van der Waals surface area contributed by atoms with Crippen LogP contribution in [0.15, 0.2) is 0 Å². The monoisotopic (exact) mass is 202 g/mol. The molecule has 1 atom stereocenters. The first-order valence-corrected chi connectivity index (χ1v) is 4.33. The lowest BCUT2D eigenvalue weighted by atomic mass is 10.2. The lowest BCUT2D eigenvalue weighted by Gasteiger charge is -2.07. The Bertz CT molecular complexity index is 254. The van der Waals surface area contributed by atoms with Crippen molar-refractivity contribution < 1.29 is 14.4 Å². The Morgan fingerprint density at radius 2 is 2.31 bits per heavy atom. The molecule has 0 bridgehead atoms. The van der Waals surface area contributed by atoms with Crippen molar-refractivity contribution in [3.8, 4) is 0 Å². The highest BCUT2D eigenvalue weighted by molar-refractivity contribution is 7.96. The van der Waals surface area contributed by atoms with Crippen molar-refractivity contribution in [1.82, 2.24) is 10.6 Å². The van der Waals surface area contributed by atoms with Crippen molar-refractivity contribution in [3.63, 3.8) is 0 Å². The van der Waals surface area contributed by atoms with Crippen LogP contribution in [0.4, 0.5) is 0 Å². The number of nitrogens with one attached hydrogen (secondary N) is 2. The third kappa shape index (κ3) is 3.06. The molecule has 1 fully saturated rings. The maximum atomic E-state index is 11.0. The maximum absolute atomic E-state index is 11.0. The Morgan fingerprint density at radius 1 is 1.62 bits per heavy atom. The van der Waals surface area contributed by atoms with Crippen molar-refractivity contribution in [2.45, 2.75) is 18.9 Å². The van der Waals surface area contributed by atoms with Crippen LogP contribution in [0.2, 0.25) is 0 Å². The summed E-state index contributed by atoms with van der Waals surface area (Å²) in [5.74, 6) is -0.651. The molecule has 0 aromatic rings. The normalized spacial score (nSPS) is 21.0. The molecule has 0 saturated carbocycles. The van der Waals surface area contributed by atoms with E-state index in [1.54, 1.807) is 0 Å². The number of rotatable bonds is 3. The van der Waals surface area contributed by atoms with Crippen LogP contribution in [0.3, 0.4) is 0 Å². The number of hydrogen-bond acceptors (Lipinski definition) is 3. The smallest absolute Gasteiger partial charge is 0.242 e. The third-order valence-electron chi connectivity index (χ3n) is 1.70. The van der Waals surface area contributed by atoms with Crippen LogP contribution in [0.1, 0.15) is 12.8 Å². The molecule has 0 aromatic heterocycles. The molecule has 0 spiro atoms. The van der Waals surface area contributed by atoms with Crippen LogP contribution in [0, 0.1) is 0 Å². The molecule has 0 aliphatic carbocycles. The first-order valence-electron chi connectivity index (χ1n) is 3.88. The molecule has 0 radical (unpaired) electrons. The summed E-state index contributed by atoms with van der Waals surface area (Å²) >= 11 is 3.46. The number of carbonyl (C=O) groups is 3. The molecule has 6 heteroatoms. The van der Waals surface area contributed by atoms with Gasteiger partial charge in [0.05, 0.1) is 6.42 Å². The van der Waals surface area contributed by atoms with E-state index in [4.69, 9.17) is 0 Å². The van der Waals surface area contributed by atoms with Gasteiger partial charge in [-0.2, -0.15) is 0 Å². The summed E-state index contributed by atoms with van der Waals surface area (Å²) in [4.78, 5) is 32.4. The largest absolute Gasteiger partial charge is 0.354 e. The Labute approximate surface area is 80.7 Å². The van der Waals surface area contributed by atoms with Crippen molar-refractivity contribution >= 4 is 29.6 Å². The average molecular weight is 202 g/mol. The fourth-order valence-electron chi connectivity index (χ4n) is 1.11. The quantitative estimate of drug-likeness (QED) is 0.399. The van der Waals surface area contributed by atoms with E-state index in [-0.39, 0.29) is 12.3 Å². The van der Waals surface area contributed by atoms with E-state index < -0.39 is 17.1 Å². The Kier molecular flexibility index (Phi) is 3.30. The molecule has 1 heterocycles. The summed E-state index contributed by atoms with van der Waals surface area (Å²) in [6.07, 6.45) is 0.290. The van der Waals surface area contributed by atoms with E-state index in [9.17, 15) is 14.4 Å². The van der Waals surface area contributed by atoms with Gasteiger partial charge in [-0.15, -0.1) is 12.6 Å². The molecule has 1 saturated heterocycles. The molecule has 1 aliphatic rings. The fraction of sp³-hybridized carbons (Fsp3) is 0.571. The first-order chi connectivity index (χ1) is 6.09. The lowest BCUT2D eigenvalue weighted by Crippen LogP contribution is -2.40. The molecule has 1 rings (SSSR count). The molecule has 5 nitrogen and oxygen atoms in total. The second-order valence-corrected chi connectivity index (χ2v) is 3.27. The summed E-state index contributed by atoms with van der Waals surface area (Å²) in [7, 11) is 0. The highest BCUT2D eigenvalue weighted by atomic mass is 32.1. The van der Waals surface area contributed by atoms with Crippen LogP contribution < -0.4 is 10.6 Å². The Morgan fingerprint density at radius 3 is 2.77 bits per heavy atom. The first kappa shape index (κ1) is 10.0. The van der Waals surface area contributed by atoms with E-state index in [0.717, 1.165) is 0 Å². The number of amides is 2. The lowest BCUT2D eigenvalue weighted by molar-refractivity contribution is -0.129. The van der Waals surface area contributed by atoms with E-state index in [1.807, 2.05) is 0 Å². The van der Waals surface area contributed by atoms with E-state index in [1.165, 1.54) is 0 Å². The summed E-state index contributed by atoms with van der Waals surface area (Å²) in [5.41, 5.74) is 0. The van der Waals surface area contributed by atoms with Crippen molar-refractivity contribution in [2.24, 2.45) is 0 Å². The third-order valence-corrected chi connectivity index (χ3v) is 1.85. The van der Waals surface area contributed by atoms with E-state index >= 15 is 0 Å². The minimum absolute atomic E-state index is 0.194. The summed E-state index contributed by atoms with van der Waals surface area (Å²) < 4.78 is 0. The van der Waals surface area contributed by atoms with Crippen LogP contribution in [-0.4, -0.2) is 29.5 Å². The van der Waals surface area contributed by atoms with Gasteiger partial charge in [0, 0.05) is 6.54 Å². The summed E-state index contributed by atoms with van der Waals surface area (Å²) in [6, 6.07) is -0.486. The van der Waals surface area contributed by atoms with Gasteiger partial charge in [-0.3, -0.25) is 14.4 Å². The van der Waals surface area contributed by atoms with Gasteiger partial charge in [0.15, 0.2) is 5.12 Å². The highest BCUT2D eigenvalue weighted by Crippen LogP contribution is 2.00. The molecule has 72 valence electrons. The zero-order valence-corrected chi connectivity index (χ0v) is 7.77. The molecule has 13 heavy (non-hydrogen) atoms. The molecule has 0 aromatic carbocycles. The standard InChI is InChI=1S/C7H10N2O3S/c10-5(3-6(11)13)9-4-1-2-8-7(4)12/h4H,1-3H2,(H,8,12)(H,9,10)(H,11,13)/t4-/m0/s1.